The van der Waals surface area contributed by atoms with Crippen LogP contribution in [0.25, 0.3) is 0 Å². The molecular weight excluding hydrogens is 364 g/mol. The largest absolute Gasteiger partial charge is 0.493 e. The van der Waals surface area contributed by atoms with Gasteiger partial charge in [0.25, 0.3) is 0 Å². The Hall–Kier alpha value is -2.95. The van der Waals surface area contributed by atoms with Gasteiger partial charge in [-0.15, -0.1) is 0 Å². The minimum absolute atomic E-state index is 0.0662. The smallest absolute Gasteiger partial charge is 0.163 e. The molecule has 1 aliphatic heterocycles. The zero-order valence-electron chi connectivity index (χ0n) is 17.5. The molecule has 152 valence electrons. The van der Waals surface area contributed by atoms with E-state index in [0.717, 1.165) is 34.6 Å². The number of benzene rings is 2. The third kappa shape index (κ3) is 3.69. The number of fused-ring (bicyclic) bond motifs is 1. The van der Waals surface area contributed by atoms with Gasteiger partial charge >= 0.3 is 0 Å². The average molecular weight is 392 g/mol. The molecule has 1 heterocycles. The molecule has 2 aliphatic rings. The first-order valence-corrected chi connectivity index (χ1v) is 10.1. The fraction of sp³-hybridized carbons (Fsp3) is 0.375. The van der Waals surface area contributed by atoms with E-state index in [9.17, 15) is 4.79 Å². The zero-order chi connectivity index (χ0) is 20.6. The highest BCUT2D eigenvalue weighted by molar-refractivity contribution is 6.01. The van der Waals surface area contributed by atoms with Crippen molar-refractivity contribution in [2.24, 2.45) is 5.41 Å². The average Bonchev–Trinajstić information content (AvgIpc) is 2.84. The van der Waals surface area contributed by atoms with Gasteiger partial charge in [-0.2, -0.15) is 0 Å². The number of hydrogen-bond donors (Lipinski definition) is 2. The molecule has 5 nitrogen and oxygen atoms in total. The second-order valence-corrected chi connectivity index (χ2v) is 8.42. The first-order chi connectivity index (χ1) is 13.9. The molecule has 0 fully saturated rings. The first-order valence-electron chi connectivity index (χ1n) is 10.1. The standard InChI is InChI=1S/C24H28N2O3/c1-5-29-20-11-10-15(12-21(20)28-4)23-22-18(13-24(2,3)14-19(22)27)25-16-8-6-7-9-17(16)26-23/h6-12,23,25-26H,5,13-14H2,1-4H3/t23-/m0/s1. The normalized spacial score (nSPS) is 20.0. The van der Waals surface area contributed by atoms with E-state index in [-0.39, 0.29) is 17.2 Å². The number of carbonyl (C=O) groups is 1. The highest BCUT2D eigenvalue weighted by Crippen LogP contribution is 2.46. The van der Waals surface area contributed by atoms with Crippen LogP contribution in [0, 0.1) is 5.41 Å². The van der Waals surface area contributed by atoms with Crippen molar-refractivity contribution in [1.29, 1.82) is 0 Å². The van der Waals surface area contributed by atoms with Gasteiger partial charge in [-0.1, -0.05) is 32.0 Å². The van der Waals surface area contributed by atoms with Gasteiger partial charge in [-0.25, -0.2) is 0 Å². The number of nitrogens with one attached hydrogen (secondary N) is 2. The molecule has 0 radical (unpaired) electrons. The lowest BCUT2D eigenvalue weighted by atomic mass is 9.73. The number of carbonyl (C=O) groups excluding carboxylic acids is 1. The van der Waals surface area contributed by atoms with E-state index in [1.54, 1.807) is 7.11 Å². The highest BCUT2D eigenvalue weighted by atomic mass is 16.5. The van der Waals surface area contributed by atoms with Crippen LogP contribution in [-0.4, -0.2) is 19.5 Å². The molecule has 0 aromatic heterocycles. The third-order valence-electron chi connectivity index (χ3n) is 5.54. The lowest BCUT2D eigenvalue weighted by molar-refractivity contribution is -0.118. The van der Waals surface area contributed by atoms with Crippen molar-refractivity contribution in [3.05, 3.63) is 59.3 Å². The fourth-order valence-corrected chi connectivity index (χ4v) is 4.28. The van der Waals surface area contributed by atoms with E-state index in [0.29, 0.717) is 24.5 Å². The van der Waals surface area contributed by atoms with E-state index in [1.807, 2.05) is 49.4 Å². The molecule has 1 aliphatic carbocycles. The summed E-state index contributed by atoms with van der Waals surface area (Å²) in [6.07, 6.45) is 1.37. The van der Waals surface area contributed by atoms with Crippen molar-refractivity contribution in [2.45, 2.75) is 39.7 Å². The number of hydrogen-bond acceptors (Lipinski definition) is 5. The number of ketones is 1. The molecule has 0 saturated heterocycles. The van der Waals surface area contributed by atoms with Gasteiger partial charge in [0.1, 0.15) is 0 Å². The molecule has 2 aromatic rings. The summed E-state index contributed by atoms with van der Waals surface area (Å²) in [6.45, 7) is 6.81. The summed E-state index contributed by atoms with van der Waals surface area (Å²) in [5, 5.41) is 7.15. The Balaban J connectivity index is 1.85. The van der Waals surface area contributed by atoms with Gasteiger partial charge < -0.3 is 20.1 Å². The number of methoxy groups -OCH3 is 1. The zero-order valence-corrected chi connectivity index (χ0v) is 17.5. The second-order valence-electron chi connectivity index (χ2n) is 8.42. The molecule has 4 rings (SSSR count). The van der Waals surface area contributed by atoms with Crippen molar-refractivity contribution in [2.75, 3.05) is 24.4 Å². The summed E-state index contributed by atoms with van der Waals surface area (Å²) in [6, 6.07) is 13.7. The molecule has 0 spiro atoms. The van der Waals surface area contributed by atoms with Crippen molar-refractivity contribution in [1.82, 2.24) is 0 Å². The van der Waals surface area contributed by atoms with Gasteiger partial charge in [0.05, 0.1) is 31.1 Å². The van der Waals surface area contributed by atoms with Crippen LogP contribution in [0.2, 0.25) is 0 Å². The van der Waals surface area contributed by atoms with Gasteiger partial charge in [0.2, 0.25) is 0 Å². The number of Topliss-reactive ketones (excluding diaryl/α,β-unsaturated/α-hetero) is 1. The molecule has 1 atom stereocenters. The maximum atomic E-state index is 13.3. The number of rotatable bonds is 4. The topological polar surface area (TPSA) is 59.6 Å². The summed E-state index contributed by atoms with van der Waals surface area (Å²) < 4.78 is 11.2. The van der Waals surface area contributed by atoms with Gasteiger partial charge in [-0.3, -0.25) is 4.79 Å². The van der Waals surface area contributed by atoms with Crippen LogP contribution in [0.5, 0.6) is 11.5 Å². The van der Waals surface area contributed by atoms with Crippen LogP contribution in [0.3, 0.4) is 0 Å². The van der Waals surface area contributed by atoms with Crippen molar-refractivity contribution in [3.63, 3.8) is 0 Å². The maximum absolute atomic E-state index is 13.3. The van der Waals surface area contributed by atoms with Crippen LogP contribution in [-0.2, 0) is 4.79 Å². The van der Waals surface area contributed by atoms with Crippen LogP contribution in [0.4, 0.5) is 11.4 Å². The van der Waals surface area contributed by atoms with E-state index >= 15 is 0 Å². The predicted octanol–water partition coefficient (Wildman–Crippen LogP) is 5.32. The quantitative estimate of drug-likeness (QED) is 0.738. The predicted molar refractivity (Wildman–Crippen MR) is 116 cm³/mol. The fourth-order valence-electron chi connectivity index (χ4n) is 4.28. The summed E-state index contributed by atoms with van der Waals surface area (Å²) in [5.41, 5.74) is 4.69. The lowest BCUT2D eigenvalue weighted by Crippen LogP contribution is -2.31. The van der Waals surface area contributed by atoms with Gasteiger partial charge in [-0.05, 0) is 48.6 Å². The Labute approximate surface area is 172 Å². The van der Waals surface area contributed by atoms with E-state index in [1.165, 1.54) is 0 Å². The number of para-hydroxylation sites is 2. The Morgan fingerprint density at radius 1 is 1.07 bits per heavy atom. The third-order valence-corrected chi connectivity index (χ3v) is 5.54. The molecule has 2 N–H and O–H groups in total. The summed E-state index contributed by atoms with van der Waals surface area (Å²) in [4.78, 5) is 13.3. The molecule has 0 unspecified atom stereocenters. The minimum atomic E-state index is -0.255. The molecule has 0 amide bonds. The molecule has 29 heavy (non-hydrogen) atoms. The minimum Gasteiger partial charge on any atom is -0.493 e. The van der Waals surface area contributed by atoms with Crippen LogP contribution < -0.4 is 20.1 Å². The highest BCUT2D eigenvalue weighted by Gasteiger charge is 2.38. The summed E-state index contributed by atoms with van der Waals surface area (Å²) in [5.74, 6) is 1.56. The first kappa shape index (κ1) is 19.4. The SMILES string of the molecule is CCOc1ccc([C@@H]2Nc3ccccc3NC3=C2C(=O)CC(C)(C)C3)cc1OC. The molecule has 5 heteroatoms. The maximum Gasteiger partial charge on any atom is 0.163 e. The van der Waals surface area contributed by atoms with Crippen LogP contribution >= 0.6 is 0 Å². The monoisotopic (exact) mass is 392 g/mol. The van der Waals surface area contributed by atoms with Crippen molar-refractivity contribution < 1.29 is 14.3 Å². The second kappa shape index (κ2) is 7.47. The molecule has 0 bridgehead atoms. The van der Waals surface area contributed by atoms with Crippen LogP contribution in [0.15, 0.2) is 53.7 Å². The van der Waals surface area contributed by atoms with Crippen LogP contribution in [0.1, 0.15) is 45.2 Å². The molecule has 0 saturated carbocycles. The Bertz CT molecular complexity index is 978. The number of anilines is 2. The van der Waals surface area contributed by atoms with E-state index in [2.05, 4.69) is 24.5 Å². The lowest BCUT2D eigenvalue weighted by Gasteiger charge is -2.34. The van der Waals surface area contributed by atoms with Crippen molar-refractivity contribution in [3.8, 4) is 11.5 Å². The molecular formula is C24H28N2O3. The number of ether oxygens (including phenoxy) is 2. The number of allylic oxidation sites excluding steroid dienone is 1. The Morgan fingerprint density at radius 3 is 2.55 bits per heavy atom. The summed E-state index contributed by atoms with van der Waals surface area (Å²) >= 11 is 0. The Morgan fingerprint density at radius 2 is 1.83 bits per heavy atom. The molecule has 2 aromatic carbocycles. The summed E-state index contributed by atoms with van der Waals surface area (Å²) in [7, 11) is 1.64. The van der Waals surface area contributed by atoms with Crippen molar-refractivity contribution >= 4 is 17.2 Å². The van der Waals surface area contributed by atoms with E-state index in [4.69, 9.17) is 9.47 Å². The van der Waals surface area contributed by atoms with E-state index < -0.39 is 0 Å². The Kier molecular flexibility index (Phi) is 4.99. The van der Waals surface area contributed by atoms with Gasteiger partial charge in [0, 0.05) is 17.7 Å². The van der Waals surface area contributed by atoms with Gasteiger partial charge in [0.15, 0.2) is 17.3 Å².